The molecule has 3 rings (SSSR count). The lowest BCUT2D eigenvalue weighted by molar-refractivity contribution is -0.137. The number of rotatable bonds is 3. The third-order valence-corrected chi connectivity index (χ3v) is 6.27. The summed E-state index contributed by atoms with van der Waals surface area (Å²) in [5.41, 5.74) is 1.43. The first-order valence-corrected chi connectivity index (χ1v) is 9.92. The lowest BCUT2D eigenvalue weighted by atomic mass is 9.75. The first-order valence-electron chi connectivity index (χ1n) is 9.92. The lowest BCUT2D eigenvalue weighted by Crippen LogP contribution is -2.54. The molecule has 0 atom stereocenters. The van der Waals surface area contributed by atoms with Gasteiger partial charge in [0.05, 0.1) is 11.6 Å². The molecule has 4 heteroatoms. The van der Waals surface area contributed by atoms with E-state index in [0.717, 1.165) is 57.3 Å². The maximum Gasteiger partial charge on any atom is 0.248 e. The van der Waals surface area contributed by atoms with Gasteiger partial charge in [-0.05, 0) is 61.3 Å². The number of carbonyl (C=O) groups excluding carboxylic acids is 1. The number of hydrogen-bond donors (Lipinski definition) is 1. The normalized spacial score (nSPS) is 20.6. The van der Waals surface area contributed by atoms with Gasteiger partial charge in [-0.1, -0.05) is 33.6 Å². The van der Waals surface area contributed by atoms with Crippen LogP contribution in [0.25, 0.3) is 0 Å². The van der Waals surface area contributed by atoms with E-state index in [9.17, 15) is 4.79 Å². The number of anilines is 1. The molecule has 0 spiro atoms. The fourth-order valence-electron chi connectivity index (χ4n) is 4.53. The van der Waals surface area contributed by atoms with Gasteiger partial charge in [0.15, 0.2) is 0 Å². The topological polar surface area (TPSA) is 56.1 Å². The molecule has 140 valence electrons. The van der Waals surface area contributed by atoms with E-state index in [1.165, 1.54) is 0 Å². The van der Waals surface area contributed by atoms with Crippen LogP contribution in [0.15, 0.2) is 24.3 Å². The van der Waals surface area contributed by atoms with Gasteiger partial charge in [-0.3, -0.25) is 4.79 Å². The number of amides is 1. The Morgan fingerprint density at radius 2 is 1.73 bits per heavy atom. The van der Waals surface area contributed by atoms with Crippen molar-refractivity contribution in [2.24, 2.45) is 11.3 Å². The minimum absolute atomic E-state index is 0.270. The van der Waals surface area contributed by atoms with Crippen molar-refractivity contribution in [3.05, 3.63) is 29.8 Å². The summed E-state index contributed by atoms with van der Waals surface area (Å²) in [6, 6.07) is 9.59. The Morgan fingerprint density at radius 1 is 1.15 bits per heavy atom. The largest absolute Gasteiger partial charge is 0.371 e. The first kappa shape index (κ1) is 18.8. The smallest absolute Gasteiger partial charge is 0.248 e. The fraction of sp³-hybridized carbons (Fsp3) is 0.636. The second-order valence-corrected chi connectivity index (χ2v) is 9.04. The summed E-state index contributed by atoms with van der Waals surface area (Å²) in [5, 5.41) is 12.5. The molecule has 1 N–H and O–H groups in total. The number of piperidine rings is 1. The van der Waals surface area contributed by atoms with E-state index < -0.39 is 5.54 Å². The molecule has 1 aliphatic heterocycles. The monoisotopic (exact) mass is 353 g/mol. The van der Waals surface area contributed by atoms with E-state index in [1.807, 2.05) is 24.3 Å². The van der Waals surface area contributed by atoms with Gasteiger partial charge in [-0.2, -0.15) is 5.26 Å². The van der Waals surface area contributed by atoms with E-state index in [-0.39, 0.29) is 5.91 Å². The molecule has 1 heterocycles. The summed E-state index contributed by atoms with van der Waals surface area (Å²) >= 11 is 0. The van der Waals surface area contributed by atoms with Crippen molar-refractivity contribution >= 4 is 11.6 Å². The third kappa shape index (κ3) is 3.87. The van der Waals surface area contributed by atoms with Gasteiger partial charge >= 0.3 is 0 Å². The van der Waals surface area contributed by atoms with Gasteiger partial charge in [0.1, 0.15) is 5.54 Å². The van der Waals surface area contributed by atoms with Crippen molar-refractivity contribution in [3.8, 4) is 6.07 Å². The Hall–Kier alpha value is -2.02. The number of benzene rings is 1. The standard InChI is InChI=1S/C22H31N3O/c1-21(2,3)18-10-14-25(15-11-18)20(26)22(12-4-5-13-22)24-19-8-6-17(16-23)7-9-19/h6-9,18,24H,4-5,10-15H2,1-3H3. The second kappa shape index (κ2) is 7.31. The Labute approximate surface area is 157 Å². The predicted molar refractivity (Wildman–Crippen MR) is 105 cm³/mol. The van der Waals surface area contributed by atoms with E-state index in [2.05, 4.69) is 37.1 Å². The highest BCUT2D eigenvalue weighted by atomic mass is 16.2. The number of nitrogens with zero attached hydrogens (tertiary/aromatic N) is 2. The molecule has 4 nitrogen and oxygen atoms in total. The summed E-state index contributed by atoms with van der Waals surface area (Å²) in [7, 11) is 0. The number of hydrogen-bond acceptors (Lipinski definition) is 3. The number of nitrogens with one attached hydrogen (secondary N) is 1. The van der Waals surface area contributed by atoms with Crippen LogP contribution in [0.3, 0.4) is 0 Å². The summed E-state index contributed by atoms with van der Waals surface area (Å²) in [6.07, 6.45) is 6.17. The van der Waals surface area contributed by atoms with E-state index in [1.54, 1.807) is 0 Å². The predicted octanol–water partition coefficient (Wildman–Crippen LogP) is 4.57. The zero-order valence-electron chi connectivity index (χ0n) is 16.3. The maximum atomic E-state index is 13.4. The van der Waals surface area contributed by atoms with Crippen LogP contribution in [0.4, 0.5) is 5.69 Å². The molecule has 0 aromatic heterocycles. The Kier molecular flexibility index (Phi) is 5.27. The SMILES string of the molecule is CC(C)(C)C1CCN(C(=O)C2(Nc3ccc(C#N)cc3)CCCC2)CC1. The molecule has 1 aromatic rings. The maximum absolute atomic E-state index is 13.4. The molecule has 26 heavy (non-hydrogen) atoms. The van der Waals surface area contributed by atoms with Crippen molar-refractivity contribution < 1.29 is 4.79 Å². The highest BCUT2D eigenvalue weighted by Gasteiger charge is 2.44. The molecular weight excluding hydrogens is 322 g/mol. The second-order valence-electron chi connectivity index (χ2n) is 9.04. The molecule has 1 amide bonds. The van der Waals surface area contributed by atoms with Gasteiger partial charge in [0, 0.05) is 18.8 Å². The van der Waals surface area contributed by atoms with Gasteiger partial charge in [0.25, 0.3) is 0 Å². The average Bonchev–Trinajstić information content (AvgIpc) is 3.11. The minimum Gasteiger partial charge on any atom is -0.371 e. The van der Waals surface area contributed by atoms with Crippen LogP contribution in [-0.2, 0) is 4.79 Å². The quantitative estimate of drug-likeness (QED) is 0.866. The number of carbonyl (C=O) groups is 1. The zero-order chi connectivity index (χ0) is 18.8. The van der Waals surface area contributed by atoms with Gasteiger partial charge in [0.2, 0.25) is 5.91 Å². The van der Waals surface area contributed by atoms with Crippen LogP contribution in [0.5, 0.6) is 0 Å². The number of likely N-dealkylation sites (tertiary alicyclic amines) is 1. The third-order valence-electron chi connectivity index (χ3n) is 6.27. The summed E-state index contributed by atoms with van der Waals surface area (Å²) in [6.45, 7) is 8.66. The van der Waals surface area contributed by atoms with Crippen LogP contribution in [0.1, 0.15) is 64.9 Å². The molecule has 0 bridgehead atoms. The Balaban J connectivity index is 1.71. The molecule has 2 aliphatic rings. The van der Waals surface area contributed by atoms with Crippen LogP contribution in [0.2, 0.25) is 0 Å². The molecule has 1 aliphatic carbocycles. The van der Waals surface area contributed by atoms with Gasteiger partial charge < -0.3 is 10.2 Å². The summed E-state index contributed by atoms with van der Waals surface area (Å²) in [5.74, 6) is 0.962. The molecule has 1 saturated carbocycles. The van der Waals surface area contributed by atoms with E-state index in [0.29, 0.717) is 16.9 Å². The van der Waals surface area contributed by atoms with Crippen molar-refractivity contribution in [1.29, 1.82) is 5.26 Å². The summed E-state index contributed by atoms with van der Waals surface area (Å²) < 4.78 is 0. The van der Waals surface area contributed by atoms with E-state index in [4.69, 9.17) is 5.26 Å². The van der Waals surface area contributed by atoms with Gasteiger partial charge in [-0.25, -0.2) is 0 Å². The fourth-order valence-corrected chi connectivity index (χ4v) is 4.53. The van der Waals surface area contributed by atoms with Crippen molar-refractivity contribution in [3.63, 3.8) is 0 Å². The summed E-state index contributed by atoms with van der Waals surface area (Å²) in [4.78, 5) is 15.5. The molecule has 0 radical (unpaired) electrons. The Morgan fingerprint density at radius 3 is 2.23 bits per heavy atom. The minimum atomic E-state index is -0.470. The Bertz CT molecular complexity index is 667. The van der Waals surface area contributed by atoms with Crippen LogP contribution >= 0.6 is 0 Å². The molecular formula is C22H31N3O. The number of nitriles is 1. The van der Waals surface area contributed by atoms with Gasteiger partial charge in [-0.15, -0.1) is 0 Å². The van der Waals surface area contributed by atoms with Crippen LogP contribution in [-0.4, -0.2) is 29.4 Å². The van der Waals surface area contributed by atoms with Crippen molar-refractivity contribution in [1.82, 2.24) is 4.90 Å². The van der Waals surface area contributed by atoms with Crippen molar-refractivity contribution in [2.45, 2.75) is 64.8 Å². The van der Waals surface area contributed by atoms with Crippen molar-refractivity contribution in [2.75, 3.05) is 18.4 Å². The molecule has 1 aromatic carbocycles. The lowest BCUT2D eigenvalue weighted by Gasteiger charge is -2.42. The van der Waals surface area contributed by atoms with Crippen LogP contribution in [0, 0.1) is 22.7 Å². The molecule has 2 fully saturated rings. The highest BCUT2D eigenvalue weighted by Crippen LogP contribution is 2.38. The average molecular weight is 354 g/mol. The highest BCUT2D eigenvalue weighted by molar-refractivity contribution is 5.90. The first-order chi connectivity index (χ1) is 12.3. The van der Waals surface area contributed by atoms with E-state index >= 15 is 0 Å². The molecule has 0 unspecified atom stereocenters. The van der Waals surface area contributed by atoms with Crippen LogP contribution < -0.4 is 5.32 Å². The zero-order valence-corrected chi connectivity index (χ0v) is 16.3. The molecule has 1 saturated heterocycles.